The number of carbonyl (C=O) groups excluding carboxylic acids is 2. The summed E-state index contributed by atoms with van der Waals surface area (Å²) in [6.45, 7) is 0. The lowest BCUT2D eigenvalue weighted by Crippen LogP contribution is -2.12. The summed E-state index contributed by atoms with van der Waals surface area (Å²) in [7, 11) is 0. The summed E-state index contributed by atoms with van der Waals surface area (Å²) in [5, 5.41) is 12.3. The Balaban J connectivity index is 2.25. The van der Waals surface area contributed by atoms with Gasteiger partial charge < -0.3 is 10.4 Å². The fourth-order valence-corrected chi connectivity index (χ4v) is 1.94. The molecular formula is C14H10BrNO3. The number of aldehydes is 1. The molecule has 0 aliphatic heterocycles. The van der Waals surface area contributed by atoms with Crippen molar-refractivity contribution in [2.24, 2.45) is 0 Å². The summed E-state index contributed by atoms with van der Waals surface area (Å²) >= 11 is 3.24. The molecule has 0 aliphatic rings. The maximum atomic E-state index is 12.0. The highest BCUT2D eigenvalue weighted by Gasteiger charge is 2.11. The van der Waals surface area contributed by atoms with Crippen molar-refractivity contribution < 1.29 is 14.7 Å². The number of nitrogens with one attached hydrogen (secondary N) is 1. The molecule has 0 heterocycles. The minimum absolute atomic E-state index is 0.104. The summed E-state index contributed by atoms with van der Waals surface area (Å²) in [6, 6.07) is 11.1. The van der Waals surface area contributed by atoms with Crippen molar-refractivity contribution in [2.45, 2.75) is 0 Å². The molecule has 0 unspecified atom stereocenters. The first-order chi connectivity index (χ1) is 9.10. The molecule has 19 heavy (non-hydrogen) atoms. The highest BCUT2D eigenvalue weighted by molar-refractivity contribution is 9.10. The van der Waals surface area contributed by atoms with Gasteiger partial charge in [-0.1, -0.05) is 28.1 Å². The van der Waals surface area contributed by atoms with Gasteiger partial charge in [0.15, 0.2) is 0 Å². The maximum absolute atomic E-state index is 12.0. The van der Waals surface area contributed by atoms with Crippen molar-refractivity contribution in [1.29, 1.82) is 0 Å². The number of carbonyl (C=O) groups is 2. The fourth-order valence-electron chi connectivity index (χ4n) is 1.58. The van der Waals surface area contributed by atoms with E-state index in [1.807, 2.05) is 0 Å². The van der Waals surface area contributed by atoms with Crippen LogP contribution < -0.4 is 5.32 Å². The van der Waals surface area contributed by atoms with Gasteiger partial charge in [-0.2, -0.15) is 0 Å². The lowest BCUT2D eigenvalue weighted by atomic mass is 10.1. The molecular weight excluding hydrogens is 310 g/mol. The van der Waals surface area contributed by atoms with Gasteiger partial charge in [-0.25, -0.2) is 0 Å². The second kappa shape index (κ2) is 5.67. The van der Waals surface area contributed by atoms with Gasteiger partial charge in [-0.05, 0) is 30.3 Å². The van der Waals surface area contributed by atoms with E-state index in [0.29, 0.717) is 22.0 Å². The third-order valence-electron chi connectivity index (χ3n) is 2.48. The minimum Gasteiger partial charge on any atom is -0.507 e. The van der Waals surface area contributed by atoms with E-state index >= 15 is 0 Å². The van der Waals surface area contributed by atoms with Crippen LogP contribution >= 0.6 is 15.9 Å². The third-order valence-corrected chi connectivity index (χ3v) is 2.98. The van der Waals surface area contributed by atoms with Crippen molar-refractivity contribution in [3.63, 3.8) is 0 Å². The van der Waals surface area contributed by atoms with Gasteiger partial charge in [0.2, 0.25) is 0 Å². The molecule has 0 bridgehead atoms. The van der Waals surface area contributed by atoms with Crippen LogP contribution in [0.4, 0.5) is 5.69 Å². The second-order valence-corrected chi connectivity index (χ2v) is 4.77. The van der Waals surface area contributed by atoms with Crippen molar-refractivity contribution in [1.82, 2.24) is 0 Å². The standard InChI is InChI=1S/C14H10BrNO3/c15-10-4-5-13(18)12(7-10)14(19)16-11-3-1-2-9(6-11)8-17/h1-8,18H,(H,16,19). The maximum Gasteiger partial charge on any atom is 0.259 e. The van der Waals surface area contributed by atoms with Crippen LogP contribution in [0.1, 0.15) is 20.7 Å². The zero-order valence-corrected chi connectivity index (χ0v) is 11.3. The molecule has 2 rings (SSSR count). The van der Waals surface area contributed by atoms with Crippen LogP contribution in [0.25, 0.3) is 0 Å². The molecule has 0 atom stereocenters. The van der Waals surface area contributed by atoms with Crippen molar-refractivity contribution in [2.75, 3.05) is 5.32 Å². The van der Waals surface area contributed by atoms with Gasteiger partial charge in [-0.15, -0.1) is 0 Å². The lowest BCUT2D eigenvalue weighted by Gasteiger charge is -2.07. The molecule has 0 radical (unpaired) electrons. The summed E-state index contributed by atoms with van der Waals surface area (Å²) in [5.41, 5.74) is 1.12. The van der Waals surface area contributed by atoms with Crippen molar-refractivity contribution in [3.8, 4) is 5.75 Å². The second-order valence-electron chi connectivity index (χ2n) is 3.86. The quantitative estimate of drug-likeness (QED) is 0.854. The number of halogens is 1. The molecule has 4 nitrogen and oxygen atoms in total. The molecule has 0 saturated heterocycles. The smallest absolute Gasteiger partial charge is 0.259 e. The van der Waals surface area contributed by atoms with E-state index in [-0.39, 0.29) is 11.3 Å². The van der Waals surface area contributed by atoms with Gasteiger partial charge in [-0.3, -0.25) is 9.59 Å². The Morgan fingerprint density at radius 2 is 2.00 bits per heavy atom. The van der Waals surface area contributed by atoms with E-state index in [1.165, 1.54) is 12.1 Å². The number of benzene rings is 2. The van der Waals surface area contributed by atoms with Gasteiger partial charge in [0.25, 0.3) is 5.91 Å². The van der Waals surface area contributed by atoms with Crippen molar-refractivity contribution in [3.05, 3.63) is 58.1 Å². The normalized spacial score (nSPS) is 9.95. The third kappa shape index (κ3) is 3.20. The molecule has 2 aromatic carbocycles. The Kier molecular flexibility index (Phi) is 3.97. The lowest BCUT2D eigenvalue weighted by molar-refractivity contribution is 0.102. The van der Waals surface area contributed by atoms with Gasteiger partial charge in [0.1, 0.15) is 12.0 Å². The summed E-state index contributed by atoms with van der Waals surface area (Å²) < 4.78 is 0.692. The monoisotopic (exact) mass is 319 g/mol. The van der Waals surface area contributed by atoms with Crippen LogP contribution in [0.5, 0.6) is 5.75 Å². The Morgan fingerprint density at radius 1 is 1.21 bits per heavy atom. The molecule has 0 spiro atoms. The van der Waals surface area contributed by atoms with E-state index in [0.717, 1.165) is 0 Å². The van der Waals surface area contributed by atoms with Crippen LogP contribution in [0.15, 0.2) is 46.9 Å². The number of anilines is 1. The predicted molar refractivity (Wildman–Crippen MR) is 75.6 cm³/mol. The molecule has 0 fully saturated rings. The number of rotatable bonds is 3. The topological polar surface area (TPSA) is 66.4 Å². The molecule has 0 aromatic heterocycles. The molecule has 0 aliphatic carbocycles. The highest BCUT2D eigenvalue weighted by Crippen LogP contribution is 2.23. The molecule has 2 aromatic rings. The summed E-state index contributed by atoms with van der Waals surface area (Å²) in [5.74, 6) is -0.547. The number of aromatic hydroxyl groups is 1. The SMILES string of the molecule is O=Cc1cccc(NC(=O)c2cc(Br)ccc2O)c1. The average Bonchev–Trinajstić information content (AvgIpc) is 2.41. The minimum atomic E-state index is -0.443. The van der Waals surface area contributed by atoms with E-state index in [2.05, 4.69) is 21.2 Å². The molecule has 2 N–H and O–H groups in total. The van der Waals surface area contributed by atoms with Crippen LogP contribution in [0, 0.1) is 0 Å². The Hall–Kier alpha value is -2.14. The van der Waals surface area contributed by atoms with E-state index in [4.69, 9.17) is 0 Å². The Bertz CT molecular complexity index is 640. The molecule has 5 heteroatoms. The number of hydrogen-bond donors (Lipinski definition) is 2. The molecule has 0 saturated carbocycles. The van der Waals surface area contributed by atoms with Crippen LogP contribution in [-0.2, 0) is 0 Å². The van der Waals surface area contributed by atoms with E-state index < -0.39 is 5.91 Å². The van der Waals surface area contributed by atoms with Gasteiger partial charge >= 0.3 is 0 Å². The largest absolute Gasteiger partial charge is 0.507 e. The van der Waals surface area contributed by atoms with Crippen molar-refractivity contribution >= 4 is 33.8 Å². The molecule has 96 valence electrons. The fraction of sp³-hybridized carbons (Fsp3) is 0. The zero-order valence-electron chi connectivity index (χ0n) is 9.76. The first kappa shape index (κ1) is 13.3. The first-order valence-corrected chi connectivity index (χ1v) is 6.24. The van der Waals surface area contributed by atoms with Gasteiger partial charge in [0.05, 0.1) is 5.56 Å². The average molecular weight is 320 g/mol. The van der Waals surface area contributed by atoms with Crippen LogP contribution in [-0.4, -0.2) is 17.3 Å². The zero-order chi connectivity index (χ0) is 13.8. The first-order valence-electron chi connectivity index (χ1n) is 5.45. The van der Waals surface area contributed by atoms with Gasteiger partial charge in [0, 0.05) is 15.7 Å². The Morgan fingerprint density at radius 3 is 2.74 bits per heavy atom. The predicted octanol–water partition coefficient (Wildman–Crippen LogP) is 3.22. The number of phenols is 1. The molecule has 1 amide bonds. The van der Waals surface area contributed by atoms with Crippen LogP contribution in [0.2, 0.25) is 0 Å². The number of phenolic OH excluding ortho intramolecular Hbond substituents is 1. The highest BCUT2D eigenvalue weighted by atomic mass is 79.9. The summed E-state index contributed by atoms with van der Waals surface area (Å²) in [4.78, 5) is 22.7. The number of hydrogen-bond acceptors (Lipinski definition) is 3. The summed E-state index contributed by atoms with van der Waals surface area (Å²) in [6.07, 6.45) is 0.701. The van der Waals surface area contributed by atoms with E-state index in [1.54, 1.807) is 30.3 Å². The Labute approximate surface area is 118 Å². The van der Waals surface area contributed by atoms with E-state index in [9.17, 15) is 14.7 Å². The van der Waals surface area contributed by atoms with Crippen LogP contribution in [0.3, 0.4) is 0 Å². The number of amides is 1.